The lowest BCUT2D eigenvalue weighted by molar-refractivity contribution is -0.384. The number of nitrogens with zero attached hydrogens (tertiary/aromatic N) is 2. The Labute approximate surface area is 111 Å². The number of nitro groups is 1. The van der Waals surface area contributed by atoms with E-state index in [-0.39, 0.29) is 22.7 Å². The Bertz CT molecular complexity index is 554. The van der Waals surface area contributed by atoms with E-state index in [1.165, 1.54) is 6.07 Å². The van der Waals surface area contributed by atoms with E-state index in [0.29, 0.717) is 0 Å². The molecule has 2 atom stereocenters. The van der Waals surface area contributed by atoms with Gasteiger partial charge in [-0.25, -0.2) is 4.98 Å². The second kappa shape index (κ2) is 5.62. The van der Waals surface area contributed by atoms with Crippen LogP contribution in [-0.4, -0.2) is 14.9 Å². The summed E-state index contributed by atoms with van der Waals surface area (Å²) in [6.45, 7) is 3.96. The Morgan fingerprint density at radius 3 is 2.79 bits per heavy atom. The van der Waals surface area contributed by atoms with Crippen LogP contribution in [0, 0.1) is 10.1 Å². The summed E-state index contributed by atoms with van der Waals surface area (Å²) in [7, 11) is 0. The molecular formula is C13H16N4O2. The van der Waals surface area contributed by atoms with Crippen molar-refractivity contribution in [3.8, 4) is 0 Å². The molecule has 100 valence electrons. The Balaban J connectivity index is 2.09. The molecule has 2 aromatic rings. The van der Waals surface area contributed by atoms with Crippen molar-refractivity contribution in [1.29, 1.82) is 0 Å². The first-order chi connectivity index (χ1) is 9.08. The highest BCUT2D eigenvalue weighted by Crippen LogP contribution is 2.21. The molecule has 19 heavy (non-hydrogen) atoms. The summed E-state index contributed by atoms with van der Waals surface area (Å²) in [4.78, 5) is 17.6. The molecule has 0 radical (unpaired) electrons. The number of rotatable bonds is 5. The summed E-state index contributed by atoms with van der Waals surface area (Å²) in [5, 5.41) is 14.1. The molecule has 0 saturated heterocycles. The molecule has 1 heterocycles. The zero-order valence-corrected chi connectivity index (χ0v) is 10.8. The van der Waals surface area contributed by atoms with Crippen LogP contribution in [0.3, 0.4) is 0 Å². The first-order valence-electron chi connectivity index (χ1n) is 6.07. The smallest absolute Gasteiger partial charge is 0.269 e. The number of aromatic nitrogens is 2. The fraction of sp³-hybridized carbons (Fsp3) is 0.308. The molecule has 0 bridgehead atoms. The van der Waals surface area contributed by atoms with Crippen molar-refractivity contribution in [1.82, 2.24) is 15.3 Å². The molecule has 1 aromatic carbocycles. The molecule has 0 spiro atoms. The van der Waals surface area contributed by atoms with E-state index in [1.54, 1.807) is 24.5 Å². The number of hydrogen-bond acceptors (Lipinski definition) is 4. The van der Waals surface area contributed by atoms with E-state index in [9.17, 15) is 10.1 Å². The minimum atomic E-state index is -0.383. The summed E-state index contributed by atoms with van der Waals surface area (Å²) in [5.41, 5.74) is 0.990. The third kappa shape index (κ3) is 3.17. The lowest BCUT2D eigenvalue weighted by Crippen LogP contribution is -2.23. The van der Waals surface area contributed by atoms with Crippen LogP contribution in [0.2, 0.25) is 0 Å². The van der Waals surface area contributed by atoms with Crippen molar-refractivity contribution in [2.75, 3.05) is 0 Å². The molecule has 1 aromatic heterocycles. The minimum Gasteiger partial charge on any atom is -0.347 e. The standard InChI is InChI=1S/C13H16N4O2/c1-9(16-10(2)13-14-6-7-15-13)11-4-3-5-12(8-11)17(18)19/h3-10,16H,1-2H3,(H,14,15). The van der Waals surface area contributed by atoms with Crippen LogP contribution >= 0.6 is 0 Å². The average molecular weight is 260 g/mol. The second-order valence-corrected chi connectivity index (χ2v) is 4.44. The van der Waals surface area contributed by atoms with Gasteiger partial charge in [-0.15, -0.1) is 0 Å². The quantitative estimate of drug-likeness (QED) is 0.639. The van der Waals surface area contributed by atoms with E-state index < -0.39 is 0 Å². The molecule has 0 aliphatic carbocycles. The maximum Gasteiger partial charge on any atom is 0.269 e. The third-order valence-corrected chi connectivity index (χ3v) is 3.01. The van der Waals surface area contributed by atoms with Crippen molar-refractivity contribution < 1.29 is 4.92 Å². The van der Waals surface area contributed by atoms with Crippen LogP contribution in [0.15, 0.2) is 36.7 Å². The van der Waals surface area contributed by atoms with Crippen molar-refractivity contribution in [2.45, 2.75) is 25.9 Å². The van der Waals surface area contributed by atoms with Gasteiger partial charge in [-0.1, -0.05) is 12.1 Å². The Hall–Kier alpha value is -2.21. The van der Waals surface area contributed by atoms with Crippen LogP contribution in [-0.2, 0) is 0 Å². The first kappa shape index (κ1) is 13.2. The Morgan fingerprint density at radius 1 is 1.37 bits per heavy atom. The van der Waals surface area contributed by atoms with Crippen molar-refractivity contribution in [2.24, 2.45) is 0 Å². The maximum atomic E-state index is 10.8. The number of H-pyrrole nitrogens is 1. The van der Waals surface area contributed by atoms with Crippen LogP contribution in [0.25, 0.3) is 0 Å². The van der Waals surface area contributed by atoms with E-state index in [2.05, 4.69) is 15.3 Å². The fourth-order valence-electron chi connectivity index (χ4n) is 1.97. The molecule has 6 nitrogen and oxygen atoms in total. The van der Waals surface area contributed by atoms with Crippen LogP contribution < -0.4 is 5.32 Å². The highest BCUT2D eigenvalue weighted by molar-refractivity contribution is 5.35. The average Bonchev–Trinajstić information content (AvgIpc) is 2.92. The highest BCUT2D eigenvalue weighted by atomic mass is 16.6. The van der Waals surface area contributed by atoms with E-state index >= 15 is 0 Å². The van der Waals surface area contributed by atoms with Gasteiger partial charge in [0.25, 0.3) is 5.69 Å². The summed E-state index contributed by atoms with van der Waals surface area (Å²) in [6, 6.07) is 6.70. The largest absolute Gasteiger partial charge is 0.347 e. The number of aromatic amines is 1. The predicted octanol–water partition coefficient (Wildman–Crippen LogP) is 2.73. The Kier molecular flexibility index (Phi) is 3.91. The molecule has 0 fully saturated rings. The van der Waals surface area contributed by atoms with Gasteiger partial charge in [0.2, 0.25) is 0 Å². The maximum absolute atomic E-state index is 10.8. The van der Waals surface area contributed by atoms with Crippen molar-refractivity contribution in [3.63, 3.8) is 0 Å². The van der Waals surface area contributed by atoms with E-state index in [4.69, 9.17) is 0 Å². The number of nitrogens with one attached hydrogen (secondary N) is 2. The van der Waals surface area contributed by atoms with Gasteiger partial charge in [0.1, 0.15) is 5.82 Å². The number of benzene rings is 1. The molecule has 0 amide bonds. The molecule has 0 aliphatic heterocycles. The van der Waals surface area contributed by atoms with Gasteiger partial charge in [0.05, 0.1) is 11.0 Å². The van der Waals surface area contributed by atoms with Gasteiger partial charge in [-0.2, -0.15) is 0 Å². The van der Waals surface area contributed by atoms with E-state index in [1.807, 2.05) is 19.9 Å². The second-order valence-electron chi connectivity index (χ2n) is 4.44. The molecule has 2 unspecified atom stereocenters. The van der Waals surface area contributed by atoms with Crippen molar-refractivity contribution in [3.05, 3.63) is 58.2 Å². The normalized spacial score (nSPS) is 14.0. The lowest BCUT2D eigenvalue weighted by atomic mass is 10.1. The molecule has 6 heteroatoms. The van der Waals surface area contributed by atoms with Gasteiger partial charge in [0.15, 0.2) is 0 Å². The molecule has 0 saturated carbocycles. The van der Waals surface area contributed by atoms with Gasteiger partial charge >= 0.3 is 0 Å². The van der Waals surface area contributed by atoms with Crippen LogP contribution in [0.1, 0.15) is 37.3 Å². The number of nitro benzene ring substituents is 1. The third-order valence-electron chi connectivity index (χ3n) is 3.01. The molecule has 0 aliphatic rings. The predicted molar refractivity (Wildman–Crippen MR) is 71.6 cm³/mol. The molecular weight excluding hydrogens is 244 g/mol. The van der Waals surface area contributed by atoms with Gasteiger partial charge in [-0.05, 0) is 19.4 Å². The Morgan fingerprint density at radius 2 is 2.16 bits per heavy atom. The number of hydrogen-bond donors (Lipinski definition) is 2. The van der Waals surface area contributed by atoms with Crippen molar-refractivity contribution >= 4 is 5.69 Å². The summed E-state index contributed by atoms with van der Waals surface area (Å²) in [6.07, 6.45) is 3.47. The summed E-state index contributed by atoms with van der Waals surface area (Å²) in [5.74, 6) is 0.845. The summed E-state index contributed by atoms with van der Waals surface area (Å²) < 4.78 is 0. The number of non-ortho nitro benzene ring substituents is 1. The number of imidazole rings is 1. The minimum absolute atomic E-state index is 0. The topological polar surface area (TPSA) is 83.8 Å². The fourth-order valence-corrected chi connectivity index (χ4v) is 1.97. The SMILES string of the molecule is CC(NC(C)c1ncc[nH]1)c1cccc([N+](=O)[O-])c1. The zero-order chi connectivity index (χ0) is 13.8. The van der Waals surface area contributed by atoms with E-state index in [0.717, 1.165) is 11.4 Å². The highest BCUT2D eigenvalue weighted by Gasteiger charge is 2.14. The molecule has 2 rings (SSSR count). The van der Waals surface area contributed by atoms with Gasteiger partial charge in [-0.3, -0.25) is 10.1 Å². The monoisotopic (exact) mass is 260 g/mol. The summed E-state index contributed by atoms with van der Waals surface area (Å²) >= 11 is 0. The first-order valence-corrected chi connectivity index (χ1v) is 6.07. The van der Waals surface area contributed by atoms with Gasteiger partial charge in [0, 0.05) is 30.6 Å². The van der Waals surface area contributed by atoms with Crippen LogP contribution in [0.5, 0.6) is 0 Å². The zero-order valence-electron chi connectivity index (χ0n) is 10.8. The van der Waals surface area contributed by atoms with Gasteiger partial charge < -0.3 is 10.3 Å². The molecule has 2 N–H and O–H groups in total. The lowest BCUT2D eigenvalue weighted by Gasteiger charge is -2.18. The van der Waals surface area contributed by atoms with Crippen LogP contribution in [0.4, 0.5) is 5.69 Å².